The van der Waals surface area contributed by atoms with E-state index in [-0.39, 0.29) is 5.69 Å². The molecule has 0 aliphatic heterocycles. The van der Waals surface area contributed by atoms with E-state index in [1.165, 1.54) is 23.9 Å². The molecule has 0 aromatic heterocycles. The van der Waals surface area contributed by atoms with Gasteiger partial charge in [-0.1, -0.05) is 18.3 Å². The number of benzene rings is 1. The van der Waals surface area contributed by atoms with Crippen LogP contribution in [0, 0.1) is 10.1 Å². The maximum atomic E-state index is 10.2. The van der Waals surface area contributed by atoms with Crippen molar-refractivity contribution in [2.45, 2.75) is 4.90 Å². The van der Waals surface area contributed by atoms with E-state index in [9.17, 15) is 10.1 Å². The van der Waals surface area contributed by atoms with E-state index in [4.69, 9.17) is 0 Å². The maximum absolute atomic E-state index is 10.2. The first-order chi connectivity index (χ1) is 5.74. The van der Waals surface area contributed by atoms with Crippen LogP contribution in [0.1, 0.15) is 0 Å². The first kappa shape index (κ1) is 8.80. The summed E-state index contributed by atoms with van der Waals surface area (Å²) >= 11 is 1.44. The largest absolute Gasteiger partial charge is 0.269 e. The lowest BCUT2D eigenvalue weighted by molar-refractivity contribution is -0.384. The van der Waals surface area contributed by atoms with E-state index < -0.39 is 4.92 Å². The number of nitro benzene ring substituents is 1. The van der Waals surface area contributed by atoms with E-state index in [1.54, 1.807) is 17.5 Å². The number of thioether (sulfide) groups is 1. The lowest BCUT2D eigenvalue weighted by atomic mass is 10.3. The van der Waals surface area contributed by atoms with Crippen molar-refractivity contribution < 1.29 is 4.92 Å². The van der Waals surface area contributed by atoms with Crippen molar-refractivity contribution in [3.63, 3.8) is 0 Å². The fourth-order valence-corrected chi connectivity index (χ4v) is 1.23. The van der Waals surface area contributed by atoms with Crippen LogP contribution < -0.4 is 0 Å². The molecular weight excluding hydrogens is 174 g/mol. The van der Waals surface area contributed by atoms with Crippen LogP contribution in [0.2, 0.25) is 0 Å². The van der Waals surface area contributed by atoms with E-state index in [2.05, 4.69) is 6.58 Å². The van der Waals surface area contributed by atoms with Crippen LogP contribution in [0.4, 0.5) is 5.69 Å². The fourth-order valence-electron chi connectivity index (χ4n) is 0.743. The normalized spacial score (nSPS) is 9.33. The predicted octanol–water partition coefficient (Wildman–Crippen LogP) is 2.83. The van der Waals surface area contributed by atoms with Crippen molar-refractivity contribution >= 4 is 17.4 Å². The molecule has 12 heavy (non-hydrogen) atoms. The Labute approximate surface area is 74.2 Å². The standard InChI is InChI=1S/C8H7NO2S/c1-2-12-8-5-3-7(4-6-8)9(10)11/h2-6H,1H2. The molecule has 0 aliphatic carbocycles. The average molecular weight is 181 g/mol. The minimum atomic E-state index is -0.414. The molecule has 0 saturated heterocycles. The molecule has 0 spiro atoms. The van der Waals surface area contributed by atoms with Gasteiger partial charge < -0.3 is 0 Å². The number of hydrogen-bond acceptors (Lipinski definition) is 3. The van der Waals surface area contributed by atoms with Crippen LogP contribution in [0.15, 0.2) is 41.1 Å². The molecule has 0 heterocycles. The number of nitro groups is 1. The Morgan fingerprint density at radius 3 is 2.42 bits per heavy atom. The summed E-state index contributed by atoms with van der Waals surface area (Å²) in [5, 5.41) is 11.9. The lowest BCUT2D eigenvalue weighted by Crippen LogP contribution is -1.85. The van der Waals surface area contributed by atoms with Crippen molar-refractivity contribution in [3.05, 3.63) is 46.4 Å². The zero-order valence-corrected chi connectivity index (χ0v) is 7.08. The highest BCUT2D eigenvalue weighted by Gasteiger charge is 2.02. The maximum Gasteiger partial charge on any atom is 0.269 e. The fraction of sp³-hybridized carbons (Fsp3) is 0. The van der Waals surface area contributed by atoms with Gasteiger partial charge in [0.15, 0.2) is 0 Å². The van der Waals surface area contributed by atoms with Gasteiger partial charge in [0.1, 0.15) is 0 Å². The van der Waals surface area contributed by atoms with Gasteiger partial charge >= 0.3 is 0 Å². The molecule has 0 radical (unpaired) electrons. The highest BCUT2D eigenvalue weighted by atomic mass is 32.2. The highest BCUT2D eigenvalue weighted by molar-refractivity contribution is 8.02. The third-order valence-electron chi connectivity index (χ3n) is 1.27. The Bertz CT molecular complexity index is 294. The lowest BCUT2D eigenvalue weighted by Gasteiger charge is -1.94. The van der Waals surface area contributed by atoms with Gasteiger partial charge in [-0.15, -0.1) is 0 Å². The molecule has 0 saturated carbocycles. The smallest absolute Gasteiger partial charge is 0.258 e. The van der Waals surface area contributed by atoms with Gasteiger partial charge in [-0.25, -0.2) is 0 Å². The number of nitrogens with zero attached hydrogens (tertiary/aromatic N) is 1. The summed E-state index contributed by atoms with van der Waals surface area (Å²) in [5.74, 6) is 0. The molecule has 1 aromatic carbocycles. The van der Waals surface area contributed by atoms with Gasteiger partial charge in [0, 0.05) is 17.0 Å². The number of hydrogen-bond donors (Lipinski definition) is 0. The van der Waals surface area contributed by atoms with Crippen LogP contribution in [-0.4, -0.2) is 4.92 Å². The Morgan fingerprint density at radius 1 is 1.42 bits per heavy atom. The first-order valence-electron chi connectivity index (χ1n) is 3.26. The van der Waals surface area contributed by atoms with Crippen LogP contribution in [0.5, 0.6) is 0 Å². The van der Waals surface area contributed by atoms with Crippen molar-refractivity contribution in [2.24, 2.45) is 0 Å². The van der Waals surface area contributed by atoms with Crippen molar-refractivity contribution in [2.75, 3.05) is 0 Å². The Balaban J connectivity index is 2.85. The molecule has 1 rings (SSSR count). The summed E-state index contributed by atoms with van der Waals surface area (Å²) in [6.07, 6.45) is 0. The van der Waals surface area contributed by atoms with Gasteiger partial charge in [-0.05, 0) is 17.5 Å². The predicted molar refractivity (Wildman–Crippen MR) is 49.2 cm³/mol. The van der Waals surface area contributed by atoms with E-state index in [0.29, 0.717) is 0 Å². The third kappa shape index (κ3) is 2.10. The minimum absolute atomic E-state index is 0.114. The second-order valence-electron chi connectivity index (χ2n) is 2.04. The van der Waals surface area contributed by atoms with Gasteiger partial charge in [0.2, 0.25) is 0 Å². The zero-order valence-electron chi connectivity index (χ0n) is 6.27. The van der Waals surface area contributed by atoms with E-state index in [1.807, 2.05) is 0 Å². The van der Waals surface area contributed by atoms with Gasteiger partial charge in [0.05, 0.1) is 4.92 Å². The quantitative estimate of drug-likeness (QED) is 0.409. The summed E-state index contributed by atoms with van der Waals surface area (Å²) in [7, 11) is 0. The van der Waals surface area contributed by atoms with E-state index in [0.717, 1.165) is 4.90 Å². The number of non-ortho nitro benzene ring substituents is 1. The van der Waals surface area contributed by atoms with Crippen LogP contribution in [0.3, 0.4) is 0 Å². The summed E-state index contributed by atoms with van der Waals surface area (Å²) in [5.41, 5.74) is 0.114. The topological polar surface area (TPSA) is 43.1 Å². The van der Waals surface area contributed by atoms with E-state index >= 15 is 0 Å². The Kier molecular flexibility index (Phi) is 2.88. The Morgan fingerprint density at radius 2 is 2.00 bits per heavy atom. The minimum Gasteiger partial charge on any atom is -0.258 e. The van der Waals surface area contributed by atoms with Crippen molar-refractivity contribution in [1.82, 2.24) is 0 Å². The summed E-state index contributed by atoms with van der Waals surface area (Å²) in [6, 6.07) is 6.35. The van der Waals surface area contributed by atoms with Gasteiger partial charge in [-0.3, -0.25) is 10.1 Å². The molecule has 0 unspecified atom stereocenters. The summed E-state index contributed by atoms with van der Waals surface area (Å²) in [6.45, 7) is 3.54. The molecule has 0 atom stereocenters. The molecule has 0 bridgehead atoms. The molecule has 0 aliphatic rings. The van der Waals surface area contributed by atoms with Crippen LogP contribution in [0.25, 0.3) is 0 Å². The molecule has 62 valence electrons. The van der Waals surface area contributed by atoms with Gasteiger partial charge in [-0.2, -0.15) is 0 Å². The SMILES string of the molecule is C=CSc1ccc([N+](=O)[O-])cc1. The molecule has 3 nitrogen and oxygen atoms in total. The van der Waals surface area contributed by atoms with Crippen molar-refractivity contribution in [3.8, 4) is 0 Å². The molecular formula is C8H7NO2S. The molecule has 0 amide bonds. The highest BCUT2D eigenvalue weighted by Crippen LogP contribution is 2.21. The van der Waals surface area contributed by atoms with Crippen LogP contribution in [-0.2, 0) is 0 Å². The second-order valence-corrected chi connectivity index (χ2v) is 3.08. The molecule has 0 N–H and O–H groups in total. The monoisotopic (exact) mass is 181 g/mol. The Hall–Kier alpha value is -1.29. The summed E-state index contributed by atoms with van der Waals surface area (Å²) < 4.78 is 0. The first-order valence-corrected chi connectivity index (χ1v) is 4.14. The number of rotatable bonds is 3. The molecule has 1 aromatic rings. The molecule has 0 fully saturated rings. The zero-order chi connectivity index (χ0) is 8.97. The van der Waals surface area contributed by atoms with Crippen LogP contribution >= 0.6 is 11.8 Å². The molecule has 4 heteroatoms. The summed E-state index contributed by atoms with van der Waals surface area (Å²) in [4.78, 5) is 10.8. The average Bonchev–Trinajstić information content (AvgIpc) is 2.06. The third-order valence-corrected chi connectivity index (χ3v) is 1.98. The second kappa shape index (κ2) is 3.92. The van der Waals surface area contributed by atoms with Crippen molar-refractivity contribution in [1.29, 1.82) is 0 Å². The van der Waals surface area contributed by atoms with Gasteiger partial charge in [0.25, 0.3) is 5.69 Å².